The first kappa shape index (κ1) is 24.6. The van der Waals surface area contributed by atoms with Crippen molar-refractivity contribution in [3.63, 3.8) is 0 Å². The van der Waals surface area contributed by atoms with Crippen LogP contribution in [0.2, 0.25) is 0 Å². The number of hydrogen-bond donors (Lipinski definition) is 2. The zero-order valence-corrected chi connectivity index (χ0v) is 20.4. The van der Waals surface area contributed by atoms with Crippen LogP contribution >= 0.6 is 0 Å². The minimum Gasteiger partial charge on any atom is -0.491 e. The topological polar surface area (TPSA) is 94.6 Å². The molecule has 1 saturated carbocycles. The molecule has 6 heteroatoms. The second kappa shape index (κ2) is 10.3. The van der Waals surface area contributed by atoms with E-state index < -0.39 is 5.60 Å². The molecule has 0 saturated heterocycles. The van der Waals surface area contributed by atoms with Crippen LogP contribution in [0, 0.1) is 32.6 Å². The highest BCUT2D eigenvalue weighted by Gasteiger charge is 2.48. The summed E-state index contributed by atoms with van der Waals surface area (Å²) in [6.45, 7) is 9.52. The van der Waals surface area contributed by atoms with Gasteiger partial charge in [0.05, 0.1) is 17.2 Å². The van der Waals surface area contributed by atoms with Crippen molar-refractivity contribution >= 4 is 17.5 Å². The quantitative estimate of drug-likeness (QED) is 0.611. The highest BCUT2D eigenvalue weighted by atomic mass is 16.5. The molecule has 1 aliphatic carbocycles. The third kappa shape index (κ3) is 5.49. The van der Waals surface area contributed by atoms with Crippen LogP contribution < -0.4 is 11.1 Å². The zero-order valence-electron chi connectivity index (χ0n) is 20.4. The summed E-state index contributed by atoms with van der Waals surface area (Å²) >= 11 is 0. The Morgan fingerprint density at radius 2 is 1.64 bits per heavy atom. The molecule has 2 aliphatic rings. The lowest BCUT2D eigenvalue weighted by molar-refractivity contribution is -0.130. The molecule has 6 nitrogen and oxygen atoms in total. The normalized spacial score (nSPS) is 22.6. The van der Waals surface area contributed by atoms with E-state index in [2.05, 4.69) is 5.32 Å². The first-order valence-electron chi connectivity index (χ1n) is 11.7. The number of ether oxygens (including phenoxy) is 1. The molecule has 1 aromatic heterocycles. The minimum absolute atomic E-state index is 0.122. The number of nitrogens with one attached hydrogen (secondary N) is 1. The summed E-state index contributed by atoms with van der Waals surface area (Å²) < 4.78 is 11.4. The van der Waals surface area contributed by atoms with E-state index in [1.54, 1.807) is 6.92 Å². The third-order valence-corrected chi connectivity index (χ3v) is 6.94. The molecule has 0 bridgehead atoms. The maximum atomic E-state index is 12.1. The highest BCUT2D eigenvalue weighted by molar-refractivity contribution is 6.06. The van der Waals surface area contributed by atoms with Crippen molar-refractivity contribution in [2.75, 3.05) is 5.32 Å². The number of furan rings is 1. The number of para-hydroxylation sites is 1. The summed E-state index contributed by atoms with van der Waals surface area (Å²) in [5.74, 6) is 2.13. The molecule has 178 valence electrons. The average Bonchev–Trinajstić information content (AvgIpc) is 3.24. The predicted molar refractivity (Wildman–Crippen MR) is 130 cm³/mol. The number of hydrogen-bond acceptors (Lipinski definition) is 4. The fourth-order valence-corrected chi connectivity index (χ4v) is 5.06. The van der Waals surface area contributed by atoms with Crippen molar-refractivity contribution in [2.24, 2.45) is 17.6 Å². The van der Waals surface area contributed by atoms with Gasteiger partial charge in [-0.2, -0.15) is 0 Å². The Bertz CT molecular complexity index is 1020. The van der Waals surface area contributed by atoms with Crippen molar-refractivity contribution in [1.82, 2.24) is 0 Å². The summed E-state index contributed by atoms with van der Waals surface area (Å²) in [6.07, 6.45) is 7.99. The van der Waals surface area contributed by atoms with Gasteiger partial charge in [0, 0.05) is 11.3 Å². The van der Waals surface area contributed by atoms with Crippen LogP contribution in [0.5, 0.6) is 0 Å². The number of primary amides is 1. The van der Waals surface area contributed by atoms with Gasteiger partial charge in [-0.25, -0.2) is 0 Å². The Balaban J connectivity index is 0.000000186. The lowest BCUT2D eigenvalue weighted by Gasteiger charge is -2.39. The van der Waals surface area contributed by atoms with Gasteiger partial charge in [0.2, 0.25) is 5.91 Å². The van der Waals surface area contributed by atoms with Gasteiger partial charge in [0.1, 0.15) is 17.1 Å². The zero-order chi connectivity index (χ0) is 24.2. The SMILES string of the molecule is CC1=CC(C(N)=O)C(C)(C2CCCCC2)O1.Cc1oc(C)c(C(=O)Nc2ccccc2)c1C. The van der Waals surface area contributed by atoms with Crippen LogP contribution in [-0.4, -0.2) is 17.4 Å². The molecule has 0 spiro atoms. The molecule has 1 aliphatic heterocycles. The number of rotatable bonds is 4. The minimum atomic E-state index is -0.393. The first-order chi connectivity index (χ1) is 15.6. The number of carbonyl (C=O) groups is 2. The van der Waals surface area contributed by atoms with Crippen LogP contribution in [-0.2, 0) is 9.53 Å². The maximum Gasteiger partial charge on any atom is 0.259 e. The smallest absolute Gasteiger partial charge is 0.259 e. The number of nitrogens with two attached hydrogens (primary N) is 1. The van der Waals surface area contributed by atoms with Crippen molar-refractivity contribution in [3.8, 4) is 0 Å². The lowest BCUT2D eigenvalue weighted by Crippen LogP contribution is -2.47. The van der Waals surface area contributed by atoms with Crippen molar-refractivity contribution in [2.45, 2.75) is 72.3 Å². The maximum absolute atomic E-state index is 12.1. The van der Waals surface area contributed by atoms with Crippen LogP contribution in [0.25, 0.3) is 0 Å². The van der Waals surface area contributed by atoms with Gasteiger partial charge < -0.3 is 20.2 Å². The van der Waals surface area contributed by atoms with E-state index in [9.17, 15) is 9.59 Å². The Kier molecular flexibility index (Phi) is 7.67. The van der Waals surface area contributed by atoms with Crippen molar-refractivity contribution in [3.05, 3.63) is 64.8 Å². The van der Waals surface area contributed by atoms with E-state index >= 15 is 0 Å². The summed E-state index contributed by atoms with van der Waals surface area (Å²) in [4.78, 5) is 23.6. The lowest BCUT2D eigenvalue weighted by atomic mass is 9.72. The molecule has 2 aromatic rings. The molecular formula is C27H36N2O4. The van der Waals surface area contributed by atoms with Crippen molar-refractivity contribution < 1.29 is 18.7 Å². The highest BCUT2D eigenvalue weighted by Crippen LogP contribution is 2.45. The number of carbonyl (C=O) groups excluding carboxylic acids is 2. The largest absolute Gasteiger partial charge is 0.491 e. The molecule has 2 atom stereocenters. The molecule has 2 heterocycles. The summed E-state index contributed by atoms with van der Waals surface area (Å²) in [5.41, 5.74) is 7.40. The van der Waals surface area contributed by atoms with Gasteiger partial charge >= 0.3 is 0 Å². The van der Waals surface area contributed by atoms with Gasteiger partial charge in [-0.3, -0.25) is 9.59 Å². The molecule has 1 fully saturated rings. The van der Waals surface area contributed by atoms with Crippen LogP contribution in [0.3, 0.4) is 0 Å². The van der Waals surface area contributed by atoms with Gasteiger partial charge in [-0.15, -0.1) is 0 Å². The summed E-state index contributed by atoms with van der Waals surface area (Å²) in [7, 11) is 0. The van der Waals surface area contributed by atoms with Gasteiger partial charge in [-0.05, 0) is 71.6 Å². The molecule has 4 rings (SSSR count). The molecule has 33 heavy (non-hydrogen) atoms. The Morgan fingerprint density at radius 1 is 1.00 bits per heavy atom. The van der Waals surface area contributed by atoms with E-state index in [-0.39, 0.29) is 17.7 Å². The van der Waals surface area contributed by atoms with E-state index in [1.807, 2.05) is 64.1 Å². The first-order valence-corrected chi connectivity index (χ1v) is 11.7. The van der Waals surface area contributed by atoms with Gasteiger partial charge in [0.25, 0.3) is 5.91 Å². The molecule has 2 amide bonds. The fourth-order valence-electron chi connectivity index (χ4n) is 5.06. The van der Waals surface area contributed by atoms with Crippen LogP contribution in [0.4, 0.5) is 5.69 Å². The van der Waals surface area contributed by atoms with Crippen LogP contribution in [0.1, 0.15) is 73.4 Å². The second-order valence-corrected chi connectivity index (χ2v) is 9.31. The molecular weight excluding hydrogens is 416 g/mol. The number of allylic oxidation sites excluding steroid dienone is 1. The Hall–Kier alpha value is -3.02. The second-order valence-electron chi connectivity index (χ2n) is 9.31. The van der Waals surface area contributed by atoms with Gasteiger partial charge in [-0.1, -0.05) is 37.5 Å². The standard InChI is InChI=1S/C14H15NO2.C13H21NO2/c1-9-10(2)17-11(3)13(9)14(16)15-12-7-5-4-6-8-12;1-9-8-11(12(14)15)13(2,16-9)10-6-4-3-5-7-10/h4-8H,1-3H3,(H,15,16);8,10-11H,3-7H2,1-2H3,(H2,14,15). The fraction of sp³-hybridized carbons (Fsp3) is 0.481. The predicted octanol–water partition coefficient (Wildman–Crippen LogP) is 5.82. The van der Waals surface area contributed by atoms with E-state index in [1.165, 1.54) is 19.3 Å². The molecule has 3 N–H and O–H groups in total. The number of aryl methyl sites for hydroxylation is 2. The molecule has 0 radical (unpaired) electrons. The summed E-state index contributed by atoms with van der Waals surface area (Å²) in [6, 6.07) is 9.39. The van der Waals surface area contributed by atoms with Gasteiger partial charge in [0.15, 0.2) is 0 Å². The van der Waals surface area contributed by atoms with E-state index in [0.29, 0.717) is 17.2 Å². The number of anilines is 1. The van der Waals surface area contributed by atoms with E-state index in [4.69, 9.17) is 14.9 Å². The molecule has 2 unspecified atom stereocenters. The number of benzene rings is 1. The monoisotopic (exact) mass is 452 g/mol. The van der Waals surface area contributed by atoms with Crippen molar-refractivity contribution in [1.29, 1.82) is 0 Å². The third-order valence-electron chi connectivity index (χ3n) is 6.94. The molecule has 1 aromatic carbocycles. The van der Waals surface area contributed by atoms with Crippen LogP contribution in [0.15, 0.2) is 46.6 Å². The Morgan fingerprint density at radius 3 is 2.18 bits per heavy atom. The average molecular weight is 453 g/mol. The van der Waals surface area contributed by atoms with E-state index in [0.717, 1.165) is 35.6 Å². The number of amides is 2. The summed E-state index contributed by atoms with van der Waals surface area (Å²) in [5, 5.41) is 2.85. The Labute approximate surface area is 196 Å².